The van der Waals surface area contributed by atoms with Gasteiger partial charge in [-0.05, 0) is 45.2 Å². The molecule has 8 nitrogen and oxygen atoms in total. The zero-order valence-electron chi connectivity index (χ0n) is 16.3. The van der Waals surface area contributed by atoms with Crippen LogP contribution in [0.25, 0.3) is 0 Å². The van der Waals surface area contributed by atoms with Crippen molar-refractivity contribution in [2.75, 3.05) is 33.7 Å². The Labute approximate surface area is 161 Å². The van der Waals surface area contributed by atoms with Gasteiger partial charge in [0.15, 0.2) is 0 Å². The summed E-state index contributed by atoms with van der Waals surface area (Å²) in [7, 11) is 2.20. The smallest absolute Gasteiger partial charge is 0.246 e. The summed E-state index contributed by atoms with van der Waals surface area (Å²) in [6, 6.07) is 0.250. The Morgan fingerprint density at radius 1 is 1.26 bits per heavy atom. The number of fused-ring (bicyclic) bond motifs is 4. The van der Waals surface area contributed by atoms with Crippen molar-refractivity contribution in [1.82, 2.24) is 23.9 Å². The third-order valence-corrected chi connectivity index (χ3v) is 8.12. The van der Waals surface area contributed by atoms with Crippen LogP contribution in [0.3, 0.4) is 0 Å². The van der Waals surface area contributed by atoms with E-state index in [2.05, 4.69) is 14.9 Å². The van der Waals surface area contributed by atoms with E-state index in [9.17, 15) is 13.2 Å². The van der Waals surface area contributed by atoms with E-state index in [1.165, 1.54) is 10.9 Å². The highest BCUT2D eigenvalue weighted by molar-refractivity contribution is 7.89. The molecule has 0 saturated carbocycles. The number of hydrogen-bond donors (Lipinski definition) is 0. The third kappa shape index (κ3) is 3.30. The van der Waals surface area contributed by atoms with Crippen molar-refractivity contribution >= 4 is 15.9 Å². The first kappa shape index (κ1) is 18.9. The maximum absolute atomic E-state index is 13.2. The molecule has 150 valence electrons. The number of likely N-dealkylation sites (N-methyl/N-ethyl adjacent to an activating group) is 1. The van der Waals surface area contributed by atoms with Gasteiger partial charge in [0.05, 0.1) is 6.20 Å². The van der Waals surface area contributed by atoms with Crippen molar-refractivity contribution in [2.24, 2.45) is 18.9 Å². The summed E-state index contributed by atoms with van der Waals surface area (Å²) >= 11 is 0. The predicted molar refractivity (Wildman–Crippen MR) is 100 cm³/mol. The Morgan fingerprint density at radius 3 is 2.67 bits per heavy atom. The lowest BCUT2D eigenvalue weighted by Gasteiger charge is -2.56. The molecular weight excluding hydrogens is 366 g/mol. The Balaban J connectivity index is 1.65. The molecule has 1 aromatic rings. The van der Waals surface area contributed by atoms with Crippen LogP contribution in [0.2, 0.25) is 0 Å². The molecule has 4 heterocycles. The quantitative estimate of drug-likeness (QED) is 0.736. The van der Waals surface area contributed by atoms with E-state index >= 15 is 0 Å². The van der Waals surface area contributed by atoms with Crippen LogP contribution in [-0.2, 0) is 21.9 Å². The SMILES string of the molecule is CN(C)C[C@H]1[C@H]2C[C@H](CN(S(=O)(=O)c3cnn(C)c3)C2)[C@@H]2CCCC(=O)N21. The number of sulfonamides is 1. The van der Waals surface area contributed by atoms with Crippen molar-refractivity contribution < 1.29 is 13.2 Å². The van der Waals surface area contributed by atoms with Crippen LogP contribution in [0.15, 0.2) is 17.3 Å². The second-order valence-corrected chi connectivity index (χ2v) is 10.5. The average Bonchev–Trinajstić information content (AvgIpc) is 3.05. The molecule has 3 fully saturated rings. The summed E-state index contributed by atoms with van der Waals surface area (Å²) < 4.78 is 29.5. The minimum absolute atomic E-state index is 0.0842. The van der Waals surface area contributed by atoms with Crippen molar-refractivity contribution in [2.45, 2.75) is 42.7 Å². The summed E-state index contributed by atoms with van der Waals surface area (Å²) in [4.78, 5) is 17.2. The van der Waals surface area contributed by atoms with Gasteiger partial charge < -0.3 is 9.80 Å². The van der Waals surface area contributed by atoms with Gasteiger partial charge in [0.25, 0.3) is 0 Å². The number of aromatic nitrogens is 2. The Morgan fingerprint density at radius 2 is 2.00 bits per heavy atom. The molecule has 27 heavy (non-hydrogen) atoms. The molecule has 0 aliphatic carbocycles. The fourth-order valence-corrected chi connectivity index (χ4v) is 6.76. The van der Waals surface area contributed by atoms with E-state index in [0.29, 0.717) is 19.5 Å². The highest BCUT2D eigenvalue weighted by atomic mass is 32.2. The number of piperidine rings is 3. The van der Waals surface area contributed by atoms with E-state index in [-0.39, 0.29) is 34.7 Å². The maximum Gasteiger partial charge on any atom is 0.246 e. The fraction of sp³-hybridized carbons (Fsp3) is 0.778. The molecule has 1 amide bonds. The van der Waals surface area contributed by atoms with Crippen LogP contribution in [0.1, 0.15) is 25.7 Å². The molecule has 0 aromatic carbocycles. The molecule has 4 rings (SSSR count). The minimum Gasteiger partial charge on any atom is -0.335 e. The summed E-state index contributed by atoms with van der Waals surface area (Å²) in [6.07, 6.45) is 6.50. The molecule has 0 N–H and O–H groups in total. The fourth-order valence-electron chi connectivity index (χ4n) is 5.22. The lowest BCUT2D eigenvalue weighted by molar-refractivity contribution is -0.151. The summed E-state index contributed by atoms with van der Waals surface area (Å²) in [5.74, 6) is 0.644. The standard InChI is InChI=1S/C18H29N5O3S/c1-20(2)12-17-14-7-13(16-5-4-6-18(24)23(16)17)9-22(10-14)27(25,26)15-8-19-21(3)11-15/h8,11,13-14,16-17H,4-7,9-10,12H2,1-3H3/t13-,14+,16+,17+/m1/s1. The molecule has 2 bridgehead atoms. The van der Waals surface area contributed by atoms with Crippen LogP contribution in [-0.4, -0.2) is 84.0 Å². The number of carbonyl (C=O) groups excluding carboxylic acids is 1. The maximum atomic E-state index is 13.2. The van der Waals surface area contributed by atoms with E-state index in [1.807, 2.05) is 14.1 Å². The molecule has 0 radical (unpaired) electrons. The van der Waals surface area contributed by atoms with Gasteiger partial charge >= 0.3 is 0 Å². The van der Waals surface area contributed by atoms with Gasteiger partial charge in [-0.3, -0.25) is 9.48 Å². The van der Waals surface area contributed by atoms with Gasteiger partial charge in [0.2, 0.25) is 15.9 Å². The first-order valence-electron chi connectivity index (χ1n) is 9.72. The van der Waals surface area contributed by atoms with Gasteiger partial charge in [0, 0.05) is 51.4 Å². The molecule has 9 heteroatoms. The lowest BCUT2D eigenvalue weighted by Crippen LogP contribution is -2.67. The van der Waals surface area contributed by atoms with Crippen LogP contribution >= 0.6 is 0 Å². The Kier molecular flexibility index (Phi) is 4.80. The van der Waals surface area contributed by atoms with E-state index in [1.54, 1.807) is 17.5 Å². The second kappa shape index (κ2) is 6.86. The van der Waals surface area contributed by atoms with Crippen molar-refractivity contribution in [3.63, 3.8) is 0 Å². The van der Waals surface area contributed by atoms with Crippen molar-refractivity contribution in [3.8, 4) is 0 Å². The van der Waals surface area contributed by atoms with E-state index < -0.39 is 10.0 Å². The number of hydrogen-bond acceptors (Lipinski definition) is 5. The minimum atomic E-state index is -3.55. The summed E-state index contributed by atoms with van der Waals surface area (Å²) in [6.45, 7) is 1.75. The van der Waals surface area contributed by atoms with E-state index in [4.69, 9.17) is 0 Å². The zero-order chi connectivity index (χ0) is 19.3. The number of nitrogens with zero attached hydrogens (tertiary/aromatic N) is 5. The van der Waals surface area contributed by atoms with Gasteiger partial charge in [-0.25, -0.2) is 8.42 Å². The molecule has 3 aliphatic rings. The van der Waals surface area contributed by atoms with Crippen molar-refractivity contribution in [1.29, 1.82) is 0 Å². The van der Waals surface area contributed by atoms with Crippen LogP contribution in [0.5, 0.6) is 0 Å². The second-order valence-electron chi connectivity index (χ2n) is 8.52. The molecular formula is C18H29N5O3S. The summed E-state index contributed by atoms with van der Waals surface area (Å²) in [5, 5.41) is 4.03. The molecule has 4 atom stereocenters. The van der Waals surface area contributed by atoms with Crippen molar-refractivity contribution in [3.05, 3.63) is 12.4 Å². The average molecular weight is 396 g/mol. The van der Waals surface area contributed by atoms with Crippen LogP contribution in [0, 0.1) is 11.8 Å². The first-order chi connectivity index (χ1) is 12.8. The number of amides is 1. The highest BCUT2D eigenvalue weighted by Gasteiger charge is 2.51. The topological polar surface area (TPSA) is 78.8 Å². The number of rotatable bonds is 4. The monoisotopic (exact) mass is 395 g/mol. The van der Waals surface area contributed by atoms with Crippen LogP contribution < -0.4 is 0 Å². The molecule has 3 saturated heterocycles. The highest BCUT2D eigenvalue weighted by Crippen LogP contribution is 2.42. The molecule has 3 aliphatic heterocycles. The van der Waals surface area contributed by atoms with Gasteiger partial charge in [-0.15, -0.1) is 0 Å². The predicted octanol–water partition coefficient (Wildman–Crippen LogP) is 0.372. The van der Waals surface area contributed by atoms with Crippen LogP contribution in [0.4, 0.5) is 0 Å². The molecule has 0 spiro atoms. The van der Waals surface area contributed by atoms with Gasteiger partial charge in [-0.2, -0.15) is 9.40 Å². The molecule has 1 aromatic heterocycles. The Bertz CT molecular complexity index is 821. The van der Waals surface area contributed by atoms with Gasteiger partial charge in [0.1, 0.15) is 4.90 Å². The third-order valence-electron chi connectivity index (χ3n) is 6.33. The van der Waals surface area contributed by atoms with Gasteiger partial charge in [-0.1, -0.05) is 0 Å². The zero-order valence-corrected chi connectivity index (χ0v) is 17.1. The number of aryl methyl sites for hydroxylation is 1. The normalized spacial score (nSPS) is 32.0. The Hall–Kier alpha value is -1.45. The largest absolute Gasteiger partial charge is 0.335 e. The number of carbonyl (C=O) groups is 1. The summed E-state index contributed by atoms with van der Waals surface area (Å²) in [5.41, 5.74) is 0. The van der Waals surface area contributed by atoms with E-state index in [0.717, 1.165) is 25.8 Å². The molecule has 0 unspecified atom stereocenters. The lowest BCUT2D eigenvalue weighted by atomic mass is 9.72. The first-order valence-corrected chi connectivity index (χ1v) is 11.2.